The van der Waals surface area contributed by atoms with Crippen LogP contribution in [0, 0.1) is 6.92 Å². The van der Waals surface area contributed by atoms with Crippen LogP contribution in [0.15, 0.2) is 18.6 Å². The molecule has 2 aromatic rings. The van der Waals surface area contributed by atoms with Crippen LogP contribution in [0.3, 0.4) is 0 Å². The lowest BCUT2D eigenvalue weighted by Gasteiger charge is -2.18. The first-order valence-corrected chi connectivity index (χ1v) is 6.76. The van der Waals surface area contributed by atoms with E-state index in [-0.39, 0.29) is 6.04 Å². The SMILES string of the molecule is CCCn1ncc(OC)c1C(NC)c1ncc(C)cn1. The van der Waals surface area contributed by atoms with Crippen molar-refractivity contribution in [3.05, 3.63) is 35.7 Å². The Hall–Kier alpha value is -1.95. The van der Waals surface area contributed by atoms with Crippen LogP contribution in [0.1, 0.15) is 36.5 Å². The van der Waals surface area contributed by atoms with Gasteiger partial charge in [0.05, 0.1) is 13.3 Å². The van der Waals surface area contributed by atoms with Gasteiger partial charge in [0, 0.05) is 18.9 Å². The van der Waals surface area contributed by atoms with Gasteiger partial charge in [-0.25, -0.2) is 9.97 Å². The van der Waals surface area contributed by atoms with Crippen molar-refractivity contribution < 1.29 is 4.74 Å². The number of hydrogen-bond acceptors (Lipinski definition) is 5. The predicted molar refractivity (Wildman–Crippen MR) is 76.7 cm³/mol. The van der Waals surface area contributed by atoms with Crippen LogP contribution >= 0.6 is 0 Å². The van der Waals surface area contributed by atoms with Crippen LogP contribution in [-0.4, -0.2) is 33.9 Å². The van der Waals surface area contributed by atoms with E-state index < -0.39 is 0 Å². The van der Waals surface area contributed by atoms with E-state index in [1.54, 1.807) is 13.3 Å². The van der Waals surface area contributed by atoms with Gasteiger partial charge >= 0.3 is 0 Å². The summed E-state index contributed by atoms with van der Waals surface area (Å²) in [6, 6.07) is -0.139. The van der Waals surface area contributed by atoms with Crippen LogP contribution in [0.4, 0.5) is 0 Å². The Labute approximate surface area is 119 Å². The van der Waals surface area contributed by atoms with Crippen LogP contribution in [0.2, 0.25) is 0 Å². The lowest BCUT2D eigenvalue weighted by molar-refractivity contribution is 0.398. The third-order valence-electron chi connectivity index (χ3n) is 3.12. The quantitative estimate of drug-likeness (QED) is 0.869. The molecule has 0 aliphatic rings. The van der Waals surface area contributed by atoms with Crippen LogP contribution < -0.4 is 10.1 Å². The Bertz CT molecular complexity index is 549. The predicted octanol–water partition coefficient (Wildman–Crippen LogP) is 1.71. The lowest BCUT2D eigenvalue weighted by atomic mass is 10.1. The lowest BCUT2D eigenvalue weighted by Crippen LogP contribution is -2.24. The highest BCUT2D eigenvalue weighted by Crippen LogP contribution is 2.28. The average Bonchev–Trinajstić information content (AvgIpc) is 2.85. The van der Waals surface area contributed by atoms with Crippen molar-refractivity contribution in [2.45, 2.75) is 32.9 Å². The molecule has 0 fully saturated rings. The van der Waals surface area contributed by atoms with E-state index in [0.29, 0.717) is 5.82 Å². The smallest absolute Gasteiger partial charge is 0.162 e. The van der Waals surface area contributed by atoms with E-state index in [9.17, 15) is 0 Å². The van der Waals surface area contributed by atoms with Gasteiger partial charge in [-0.2, -0.15) is 5.10 Å². The largest absolute Gasteiger partial charge is 0.493 e. The summed E-state index contributed by atoms with van der Waals surface area (Å²) < 4.78 is 7.37. The van der Waals surface area contributed by atoms with Crippen molar-refractivity contribution in [3.8, 4) is 5.75 Å². The first-order chi connectivity index (χ1) is 9.71. The number of methoxy groups -OCH3 is 1. The van der Waals surface area contributed by atoms with Crippen LogP contribution in [0.25, 0.3) is 0 Å². The number of aryl methyl sites for hydroxylation is 2. The van der Waals surface area contributed by atoms with Gasteiger partial charge in [-0.05, 0) is 26.0 Å². The van der Waals surface area contributed by atoms with Gasteiger partial charge in [-0.3, -0.25) is 4.68 Å². The maximum atomic E-state index is 5.42. The summed E-state index contributed by atoms with van der Waals surface area (Å²) in [5.41, 5.74) is 2.00. The summed E-state index contributed by atoms with van der Waals surface area (Å²) in [6.07, 6.45) is 6.38. The monoisotopic (exact) mass is 275 g/mol. The highest BCUT2D eigenvalue weighted by molar-refractivity contribution is 5.32. The molecule has 0 saturated carbocycles. The Morgan fingerprint density at radius 3 is 2.55 bits per heavy atom. The van der Waals surface area contributed by atoms with Gasteiger partial charge in [0.15, 0.2) is 11.6 Å². The van der Waals surface area contributed by atoms with E-state index >= 15 is 0 Å². The summed E-state index contributed by atoms with van der Waals surface area (Å²) in [5.74, 6) is 1.47. The number of aromatic nitrogens is 4. The van der Waals surface area contributed by atoms with Gasteiger partial charge in [-0.15, -0.1) is 0 Å². The zero-order chi connectivity index (χ0) is 14.5. The van der Waals surface area contributed by atoms with Crippen molar-refractivity contribution in [2.24, 2.45) is 0 Å². The summed E-state index contributed by atoms with van der Waals surface area (Å²) in [6.45, 7) is 4.93. The molecule has 0 aliphatic heterocycles. The number of ether oxygens (including phenoxy) is 1. The maximum absolute atomic E-state index is 5.42. The zero-order valence-electron chi connectivity index (χ0n) is 12.4. The minimum absolute atomic E-state index is 0.139. The molecular weight excluding hydrogens is 254 g/mol. The molecule has 2 heterocycles. The van der Waals surface area contributed by atoms with Gasteiger partial charge in [0.2, 0.25) is 0 Å². The molecule has 20 heavy (non-hydrogen) atoms. The zero-order valence-corrected chi connectivity index (χ0v) is 12.4. The van der Waals surface area contributed by atoms with E-state index in [0.717, 1.165) is 30.0 Å². The molecule has 0 aromatic carbocycles. The molecule has 108 valence electrons. The standard InChI is InChI=1S/C14H21N5O/c1-5-6-19-13(11(20-4)9-18-19)12(15-3)14-16-7-10(2)8-17-14/h7-9,12,15H,5-6H2,1-4H3. The number of nitrogens with one attached hydrogen (secondary N) is 1. The molecule has 6 heteroatoms. The van der Waals surface area contributed by atoms with Gasteiger partial charge in [0.25, 0.3) is 0 Å². The van der Waals surface area contributed by atoms with E-state index in [1.807, 2.05) is 31.0 Å². The summed E-state index contributed by atoms with van der Waals surface area (Å²) in [7, 11) is 3.54. The summed E-state index contributed by atoms with van der Waals surface area (Å²) in [5, 5.41) is 7.63. The molecule has 1 atom stereocenters. The second-order valence-corrected chi connectivity index (χ2v) is 4.66. The molecule has 0 spiro atoms. The second kappa shape index (κ2) is 6.47. The van der Waals surface area contributed by atoms with Crippen LogP contribution in [0.5, 0.6) is 5.75 Å². The molecule has 0 radical (unpaired) electrons. The molecule has 2 rings (SSSR count). The molecule has 1 unspecified atom stereocenters. The first kappa shape index (κ1) is 14.5. The minimum Gasteiger partial charge on any atom is -0.493 e. The van der Waals surface area contributed by atoms with Gasteiger partial charge < -0.3 is 10.1 Å². The fraction of sp³-hybridized carbons (Fsp3) is 0.500. The third kappa shape index (κ3) is 2.80. The topological polar surface area (TPSA) is 64.9 Å². The second-order valence-electron chi connectivity index (χ2n) is 4.66. The summed E-state index contributed by atoms with van der Waals surface area (Å²) >= 11 is 0. The third-order valence-corrected chi connectivity index (χ3v) is 3.12. The fourth-order valence-corrected chi connectivity index (χ4v) is 2.16. The van der Waals surface area contributed by atoms with Crippen molar-refractivity contribution in [3.63, 3.8) is 0 Å². The normalized spacial score (nSPS) is 12.4. The maximum Gasteiger partial charge on any atom is 0.162 e. The minimum atomic E-state index is -0.139. The molecule has 0 aliphatic carbocycles. The van der Waals surface area contributed by atoms with Gasteiger partial charge in [-0.1, -0.05) is 6.92 Å². The fourth-order valence-electron chi connectivity index (χ4n) is 2.16. The molecule has 0 amide bonds. The van der Waals surface area contributed by atoms with Crippen molar-refractivity contribution >= 4 is 0 Å². The summed E-state index contributed by atoms with van der Waals surface area (Å²) in [4.78, 5) is 8.82. The van der Waals surface area contributed by atoms with Crippen molar-refractivity contribution in [1.29, 1.82) is 0 Å². The van der Waals surface area contributed by atoms with E-state index in [4.69, 9.17) is 4.74 Å². The molecular formula is C14H21N5O. The molecule has 1 N–H and O–H groups in total. The molecule has 2 aromatic heterocycles. The molecule has 0 bridgehead atoms. The Morgan fingerprint density at radius 2 is 2.00 bits per heavy atom. The van der Waals surface area contributed by atoms with E-state index in [1.165, 1.54) is 0 Å². The van der Waals surface area contributed by atoms with Gasteiger partial charge in [0.1, 0.15) is 11.7 Å². The first-order valence-electron chi connectivity index (χ1n) is 6.76. The number of hydrogen-bond donors (Lipinski definition) is 1. The highest BCUT2D eigenvalue weighted by Gasteiger charge is 2.24. The number of rotatable bonds is 6. The average molecular weight is 275 g/mol. The Kier molecular flexibility index (Phi) is 4.68. The Balaban J connectivity index is 2.44. The molecule has 0 saturated heterocycles. The van der Waals surface area contributed by atoms with E-state index in [2.05, 4.69) is 27.3 Å². The highest BCUT2D eigenvalue weighted by atomic mass is 16.5. The Morgan fingerprint density at radius 1 is 1.30 bits per heavy atom. The van der Waals surface area contributed by atoms with Crippen LogP contribution in [-0.2, 0) is 6.54 Å². The molecule has 6 nitrogen and oxygen atoms in total. The number of nitrogens with zero attached hydrogens (tertiary/aromatic N) is 4. The van der Waals surface area contributed by atoms with Crippen molar-refractivity contribution in [2.75, 3.05) is 14.2 Å². The van der Waals surface area contributed by atoms with Crippen molar-refractivity contribution in [1.82, 2.24) is 25.1 Å².